The SMILES string of the molecule is CSCCC(N)C(=O)NC(CCSC)C(=O)NC(CCCCN)C(=O)NC(Cc1c[nH]c2ccccc12)C(=O)O. The molecule has 40 heavy (non-hydrogen) atoms. The summed E-state index contributed by atoms with van der Waals surface area (Å²) in [5.41, 5.74) is 13.2. The van der Waals surface area contributed by atoms with Gasteiger partial charge in [-0.3, -0.25) is 14.4 Å². The zero-order valence-corrected chi connectivity index (χ0v) is 24.7. The minimum atomic E-state index is -1.21. The van der Waals surface area contributed by atoms with Crippen molar-refractivity contribution < 1.29 is 24.3 Å². The van der Waals surface area contributed by atoms with E-state index in [1.165, 1.54) is 11.8 Å². The topological polar surface area (TPSA) is 192 Å². The van der Waals surface area contributed by atoms with Gasteiger partial charge in [0, 0.05) is 23.5 Å². The average Bonchev–Trinajstić information content (AvgIpc) is 3.35. The number of carboxylic acid groups (broad SMARTS) is 1. The number of aromatic amines is 1. The smallest absolute Gasteiger partial charge is 0.326 e. The lowest BCUT2D eigenvalue weighted by Gasteiger charge is -2.25. The third kappa shape index (κ3) is 10.7. The number of carboxylic acids is 1. The molecule has 222 valence electrons. The molecule has 1 aromatic heterocycles. The van der Waals surface area contributed by atoms with Gasteiger partial charge < -0.3 is 37.5 Å². The van der Waals surface area contributed by atoms with Gasteiger partial charge >= 0.3 is 5.97 Å². The summed E-state index contributed by atoms with van der Waals surface area (Å²) in [6, 6.07) is 3.67. The molecule has 0 saturated heterocycles. The Morgan fingerprint density at radius 3 is 2.12 bits per heavy atom. The van der Waals surface area contributed by atoms with E-state index in [0.29, 0.717) is 43.7 Å². The molecule has 1 heterocycles. The Morgan fingerprint density at radius 2 is 1.48 bits per heavy atom. The van der Waals surface area contributed by atoms with E-state index in [9.17, 15) is 24.3 Å². The van der Waals surface area contributed by atoms with E-state index in [1.54, 1.807) is 18.0 Å². The monoisotopic (exact) mass is 594 g/mol. The minimum absolute atomic E-state index is 0.0644. The molecule has 0 saturated carbocycles. The van der Waals surface area contributed by atoms with Crippen LogP contribution in [0.15, 0.2) is 30.5 Å². The predicted molar refractivity (Wildman–Crippen MR) is 162 cm³/mol. The molecule has 11 nitrogen and oxygen atoms in total. The van der Waals surface area contributed by atoms with E-state index >= 15 is 0 Å². The zero-order valence-electron chi connectivity index (χ0n) is 23.1. The third-order valence-electron chi connectivity index (χ3n) is 6.51. The van der Waals surface area contributed by atoms with Crippen molar-refractivity contribution in [2.75, 3.05) is 30.6 Å². The number of nitrogens with two attached hydrogens (primary N) is 2. The molecule has 0 radical (unpaired) electrons. The lowest BCUT2D eigenvalue weighted by atomic mass is 10.0. The highest BCUT2D eigenvalue weighted by molar-refractivity contribution is 7.98. The quantitative estimate of drug-likeness (QED) is 0.117. The fourth-order valence-corrected chi connectivity index (χ4v) is 5.15. The number of fused-ring (bicyclic) bond motifs is 1. The van der Waals surface area contributed by atoms with E-state index in [0.717, 1.165) is 16.5 Å². The van der Waals surface area contributed by atoms with Gasteiger partial charge in [0.25, 0.3) is 0 Å². The van der Waals surface area contributed by atoms with Crippen LogP contribution in [-0.2, 0) is 25.6 Å². The second kappa shape index (κ2) is 17.8. The molecule has 0 aliphatic heterocycles. The number of H-pyrrole nitrogens is 1. The minimum Gasteiger partial charge on any atom is -0.480 e. The Morgan fingerprint density at radius 1 is 0.875 bits per heavy atom. The predicted octanol–water partition coefficient (Wildman–Crippen LogP) is 1.21. The summed E-state index contributed by atoms with van der Waals surface area (Å²) in [5, 5.41) is 18.8. The van der Waals surface area contributed by atoms with Crippen molar-refractivity contribution in [1.82, 2.24) is 20.9 Å². The van der Waals surface area contributed by atoms with Crippen LogP contribution < -0.4 is 27.4 Å². The molecule has 2 aromatic rings. The number of amides is 3. The van der Waals surface area contributed by atoms with Crippen molar-refractivity contribution in [2.24, 2.45) is 11.5 Å². The van der Waals surface area contributed by atoms with Crippen molar-refractivity contribution in [2.45, 2.75) is 62.7 Å². The highest BCUT2D eigenvalue weighted by Gasteiger charge is 2.30. The van der Waals surface area contributed by atoms with E-state index in [-0.39, 0.29) is 12.8 Å². The Bertz CT molecular complexity index is 1110. The first-order chi connectivity index (χ1) is 19.2. The third-order valence-corrected chi connectivity index (χ3v) is 7.79. The van der Waals surface area contributed by atoms with Gasteiger partial charge in [0.15, 0.2) is 0 Å². The van der Waals surface area contributed by atoms with Crippen LogP contribution in [0.4, 0.5) is 0 Å². The van der Waals surface area contributed by atoms with Gasteiger partial charge in [-0.2, -0.15) is 23.5 Å². The molecule has 4 unspecified atom stereocenters. The second-order valence-corrected chi connectivity index (χ2v) is 11.5. The number of rotatable bonds is 19. The number of carbonyl (C=O) groups is 4. The summed E-state index contributed by atoms with van der Waals surface area (Å²) in [5.74, 6) is -1.42. The van der Waals surface area contributed by atoms with Crippen molar-refractivity contribution in [3.05, 3.63) is 36.0 Å². The molecule has 0 spiro atoms. The van der Waals surface area contributed by atoms with Crippen molar-refractivity contribution >= 4 is 58.1 Å². The van der Waals surface area contributed by atoms with Gasteiger partial charge in [0.1, 0.15) is 18.1 Å². The van der Waals surface area contributed by atoms with Crippen LogP contribution in [-0.4, -0.2) is 88.5 Å². The number of unbranched alkanes of at least 4 members (excludes halogenated alkanes) is 1. The molecule has 0 aliphatic rings. The standard InChI is InChI=1S/C27H42N6O5S2/c1-39-13-10-19(29)24(34)31-22(11-14-40-2)26(36)32-21(9-5-6-12-28)25(35)33-23(27(37)38)15-17-16-30-20-8-4-3-7-18(17)20/h3-4,7-8,16,19,21-23,30H,5-6,9-15,28-29H2,1-2H3,(H,31,34)(H,32,36)(H,33,35)(H,37,38). The number of carbonyl (C=O) groups excluding carboxylic acids is 3. The Balaban J connectivity index is 2.15. The maximum absolute atomic E-state index is 13.3. The Labute approximate surface area is 243 Å². The number of hydrogen-bond donors (Lipinski definition) is 7. The van der Waals surface area contributed by atoms with E-state index in [2.05, 4.69) is 20.9 Å². The van der Waals surface area contributed by atoms with Crippen LogP contribution in [0.2, 0.25) is 0 Å². The molecule has 9 N–H and O–H groups in total. The van der Waals surface area contributed by atoms with Crippen molar-refractivity contribution in [1.29, 1.82) is 0 Å². The Kier molecular flexibility index (Phi) is 14.9. The number of aromatic nitrogens is 1. The van der Waals surface area contributed by atoms with Crippen LogP contribution in [0.5, 0.6) is 0 Å². The molecular formula is C27H42N6O5S2. The van der Waals surface area contributed by atoms with Crippen LogP contribution in [0.1, 0.15) is 37.7 Å². The van der Waals surface area contributed by atoms with Gasteiger partial charge in [0.05, 0.1) is 6.04 Å². The molecule has 0 bridgehead atoms. The van der Waals surface area contributed by atoms with Crippen molar-refractivity contribution in [3.8, 4) is 0 Å². The first kappa shape index (κ1) is 33.5. The highest BCUT2D eigenvalue weighted by atomic mass is 32.2. The molecule has 13 heteroatoms. The summed E-state index contributed by atoms with van der Waals surface area (Å²) < 4.78 is 0. The summed E-state index contributed by atoms with van der Waals surface area (Å²) in [4.78, 5) is 54.4. The average molecular weight is 595 g/mol. The number of aliphatic carboxylic acids is 1. The first-order valence-electron chi connectivity index (χ1n) is 13.3. The fraction of sp³-hybridized carbons (Fsp3) is 0.556. The fourth-order valence-electron chi connectivity index (χ4n) is 4.19. The molecular weight excluding hydrogens is 552 g/mol. The summed E-state index contributed by atoms with van der Waals surface area (Å²) >= 11 is 3.10. The van der Waals surface area contributed by atoms with Gasteiger partial charge in [-0.25, -0.2) is 4.79 Å². The van der Waals surface area contributed by atoms with Crippen LogP contribution in [0.3, 0.4) is 0 Å². The summed E-state index contributed by atoms with van der Waals surface area (Å²) in [6.07, 6.45) is 7.89. The molecule has 1 aromatic carbocycles. The molecule has 3 amide bonds. The lowest BCUT2D eigenvalue weighted by molar-refractivity contribution is -0.142. The van der Waals surface area contributed by atoms with Gasteiger partial charge in [0.2, 0.25) is 17.7 Å². The highest BCUT2D eigenvalue weighted by Crippen LogP contribution is 2.19. The van der Waals surface area contributed by atoms with Gasteiger partial charge in [-0.15, -0.1) is 0 Å². The molecule has 2 rings (SSSR count). The number of thioether (sulfide) groups is 2. The molecule has 0 fully saturated rings. The normalized spacial score (nSPS) is 14.2. The van der Waals surface area contributed by atoms with Crippen LogP contribution >= 0.6 is 23.5 Å². The maximum Gasteiger partial charge on any atom is 0.326 e. The van der Waals surface area contributed by atoms with Gasteiger partial charge in [-0.05, 0) is 74.3 Å². The maximum atomic E-state index is 13.3. The van der Waals surface area contributed by atoms with Gasteiger partial charge in [-0.1, -0.05) is 18.2 Å². The number of para-hydroxylation sites is 1. The van der Waals surface area contributed by atoms with E-state index in [1.807, 2.05) is 36.8 Å². The van der Waals surface area contributed by atoms with Crippen LogP contribution in [0, 0.1) is 0 Å². The molecule has 0 aliphatic carbocycles. The first-order valence-corrected chi connectivity index (χ1v) is 16.1. The zero-order chi connectivity index (χ0) is 29.5. The van der Waals surface area contributed by atoms with Crippen molar-refractivity contribution in [3.63, 3.8) is 0 Å². The van der Waals surface area contributed by atoms with Crippen LogP contribution in [0.25, 0.3) is 10.9 Å². The lowest BCUT2D eigenvalue weighted by Crippen LogP contribution is -2.57. The van der Waals surface area contributed by atoms with E-state index in [4.69, 9.17) is 11.5 Å². The second-order valence-electron chi connectivity index (χ2n) is 9.54. The number of benzene rings is 1. The number of nitrogens with one attached hydrogen (secondary N) is 4. The largest absolute Gasteiger partial charge is 0.480 e. The van der Waals surface area contributed by atoms with E-state index < -0.39 is 47.9 Å². The summed E-state index contributed by atoms with van der Waals surface area (Å²) in [6.45, 7) is 0.418. The summed E-state index contributed by atoms with van der Waals surface area (Å²) in [7, 11) is 0. The molecule has 4 atom stereocenters. The Hall–Kier alpha value is -2.74. The number of hydrogen-bond acceptors (Lipinski definition) is 8.